The Balaban J connectivity index is 1.33. The number of nitrogens with one attached hydrogen (secondary N) is 1. The van der Waals surface area contributed by atoms with Gasteiger partial charge in [0.05, 0.1) is 18.7 Å². The highest BCUT2D eigenvalue weighted by molar-refractivity contribution is 9.10. The summed E-state index contributed by atoms with van der Waals surface area (Å²) in [7, 11) is 0. The maximum absolute atomic E-state index is 12.2. The Morgan fingerprint density at radius 3 is 2.50 bits per heavy atom. The van der Waals surface area contributed by atoms with Crippen LogP contribution in [-0.2, 0) is 22.7 Å². The molecule has 1 saturated heterocycles. The molecule has 0 atom stereocenters. The van der Waals surface area contributed by atoms with Gasteiger partial charge in [0.1, 0.15) is 0 Å². The van der Waals surface area contributed by atoms with Gasteiger partial charge in [-0.15, -0.1) is 10.2 Å². The Bertz CT molecular complexity index is 1080. The van der Waals surface area contributed by atoms with E-state index >= 15 is 0 Å². The molecule has 3 amide bonds. The third-order valence-electron chi connectivity index (χ3n) is 4.35. The zero-order valence-electron chi connectivity index (χ0n) is 15.5. The van der Waals surface area contributed by atoms with Crippen LogP contribution < -0.4 is 5.32 Å². The minimum absolute atomic E-state index is 0.00243. The smallest absolute Gasteiger partial charge is 0.338 e. The molecule has 0 spiro atoms. The van der Waals surface area contributed by atoms with Crippen molar-refractivity contribution >= 4 is 33.8 Å². The third kappa shape index (κ3) is 4.38. The Morgan fingerprint density at radius 1 is 1.10 bits per heavy atom. The molecule has 152 valence electrons. The van der Waals surface area contributed by atoms with E-state index in [0.717, 1.165) is 14.9 Å². The Hall–Kier alpha value is -3.53. The molecule has 0 bridgehead atoms. The van der Waals surface area contributed by atoms with Gasteiger partial charge in [0.25, 0.3) is 5.89 Å². The average Bonchev–Trinajstić information content (AvgIpc) is 3.35. The largest absolute Gasteiger partial charge is 0.452 e. The monoisotopic (exact) mass is 470 g/mol. The van der Waals surface area contributed by atoms with Crippen LogP contribution in [0.3, 0.4) is 0 Å². The van der Waals surface area contributed by atoms with E-state index in [1.165, 1.54) is 0 Å². The molecular weight excluding hydrogens is 456 g/mol. The Kier molecular flexibility index (Phi) is 5.57. The van der Waals surface area contributed by atoms with Gasteiger partial charge in [-0.25, -0.2) is 9.59 Å². The number of nitrogens with zero attached hydrogens (tertiary/aromatic N) is 3. The molecule has 2 heterocycles. The van der Waals surface area contributed by atoms with Crippen molar-refractivity contribution in [3.8, 4) is 11.5 Å². The zero-order chi connectivity index (χ0) is 21.1. The van der Waals surface area contributed by atoms with Crippen molar-refractivity contribution in [1.29, 1.82) is 0 Å². The van der Waals surface area contributed by atoms with Gasteiger partial charge in [0.15, 0.2) is 6.61 Å². The van der Waals surface area contributed by atoms with Crippen LogP contribution in [0.25, 0.3) is 11.5 Å². The summed E-state index contributed by atoms with van der Waals surface area (Å²) in [5.41, 5.74) is 1.79. The van der Waals surface area contributed by atoms with Crippen molar-refractivity contribution in [2.24, 2.45) is 0 Å². The highest BCUT2D eigenvalue weighted by atomic mass is 79.9. The molecular formula is C20H15BrN4O5. The number of carbonyl (C=O) groups excluding carboxylic acids is 3. The van der Waals surface area contributed by atoms with Crippen LogP contribution in [-0.4, -0.2) is 39.5 Å². The quantitative estimate of drug-likeness (QED) is 0.434. The molecule has 1 aliphatic heterocycles. The van der Waals surface area contributed by atoms with Gasteiger partial charge in [0.2, 0.25) is 11.8 Å². The standard InChI is InChI=1S/C20H15BrN4O5/c21-15-7-5-13(6-8-15)18-24-23-16(30-18)11-29-19(27)14-3-1-12(2-4-14)10-25-17(26)9-22-20(25)28/h1-8H,9-11H2,(H,22,28). The van der Waals surface area contributed by atoms with Crippen molar-refractivity contribution in [1.82, 2.24) is 20.4 Å². The number of urea groups is 1. The van der Waals surface area contributed by atoms with Crippen molar-refractivity contribution < 1.29 is 23.5 Å². The van der Waals surface area contributed by atoms with E-state index in [-0.39, 0.29) is 31.5 Å². The topological polar surface area (TPSA) is 115 Å². The molecule has 0 radical (unpaired) electrons. The average molecular weight is 471 g/mol. The Labute approximate surface area is 179 Å². The summed E-state index contributed by atoms with van der Waals surface area (Å²) in [5, 5.41) is 10.3. The van der Waals surface area contributed by atoms with E-state index in [4.69, 9.17) is 9.15 Å². The molecule has 2 aromatic carbocycles. The number of hydrogen-bond donors (Lipinski definition) is 1. The lowest BCUT2D eigenvalue weighted by atomic mass is 10.1. The second kappa shape index (κ2) is 8.46. The summed E-state index contributed by atoms with van der Waals surface area (Å²) < 4.78 is 11.7. The van der Waals surface area contributed by atoms with Gasteiger partial charge in [-0.1, -0.05) is 28.1 Å². The molecule has 3 aromatic rings. The lowest BCUT2D eigenvalue weighted by molar-refractivity contribution is -0.125. The van der Waals surface area contributed by atoms with Crippen LogP contribution in [0.5, 0.6) is 0 Å². The van der Waals surface area contributed by atoms with E-state index in [9.17, 15) is 14.4 Å². The number of rotatable bonds is 6. The maximum atomic E-state index is 12.2. The van der Waals surface area contributed by atoms with Gasteiger partial charge < -0.3 is 14.5 Å². The van der Waals surface area contributed by atoms with Gasteiger partial charge in [-0.2, -0.15) is 0 Å². The lowest BCUT2D eigenvalue weighted by Crippen LogP contribution is -2.30. The molecule has 30 heavy (non-hydrogen) atoms. The van der Waals surface area contributed by atoms with E-state index in [1.807, 2.05) is 24.3 Å². The van der Waals surface area contributed by atoms with Crippen molar-refractivity contribution in [2.45, 2.75) is 13.2 Å². The molecule has 1 fully saturated rings. The maximum Gasteiger partial charge on any atom is 0.338 e. The molecule has 1 aliphatic rings. The van der Waals surface area contributed by atoms with Gasteiger partial charge in [-0.3, -0.25) is 9.69 Å². The molecule has 0 saturated carbocycles. The number of aromatic nitrogens is 2. The van der Waals surface area contributed by atoms with Crippen LogP contribution >= 0.6 is 15.9 Å². The van der Waals surface area contributed by atoms with Crippen LogP contribution in [0.1, 0.15) is 21.8 Å². The second-order valence-corrected chi connectivity index (χ2v) is 7.34. The van der Waals surface area contributed by atoms with E-state index in [1.54, 1.807) is 24.3 Å². The zero-order valence-corrected chi connectivity index (χ0v) is 17.1. The summed E-state index contributed by atoms with van der Waals surface area (Å²) in [6.07, 6.45) is 0. The summed E-state index contributed by atoms with van der Waals surface area (Å²) in [6.45, 7) is -0.0180. The van der Waals surface area contributed by atoms with Crippen molar-refractivity contribution in [2.75, 3.05) is 6.54 Å². The molecule has 1 N–H and O–H groups in total. The van der Waals surface area contributed by atoms with Crippen LogP contribution in [0.15, 0.2) is 57.4 Å². The van der Waals surface area contributed by atoms with Gasteiger partial charge in [-0.05, 0) is 42.0 Å². The summed E-state index contributed by atoms with van der Waals surface area (Å²) in [6, 6.07) is 13.4. The van der Waals surface area contributed by atoms with Crippen LogP contribution in [0.4, 0.5) is 4.79 Å². The first-order valence-electron chi connectivity index (χ1n) is 8.92. The highest BCUT2D eigenvalue weighted by Crippen LogP contribution is 2.21. The molecule has 10 heteroatoms. The first-order valence-corrected chi connectivity index (χ1v) is 9.71. The van der Waals surface area contributed by atoms with Gasteiger partial charge >= 0.3 is 12.0 Å². The van der Waals surface area contributed by atoms with Crippen molar-refractivity contribution in [3.05, 3.63) is 70.0 Å². The number of benzene rings is 2. The van der Waals surface area contributed by atoms with Crippen LogP contribution in [0, 0.1) is 0 Å². The number of ether oxygens (including phenoxy) is 1. The number of carbonyl (C=O) groups is 3. The number of imide groups is 1. The molecule has 9 nitrogen and oxygen atoms in total. The number of amides is 3. The van der Waals surface area contributed by atoms with E-state index in [2.05, 4.69) is 31.4 Å². The lowest BCUT2D eigenvalue weighted by Gasteiger charge is -2.12. The molecule has 1 aromatic heterocycles. The van der Waals surface area contributed by atoms with E-state index < -0.39 is 12.0 Å². The fraction of sp³-hybridized carbons (Fsp3) is 0.150. The SMILES string of the molecule is O=C(OCc1nnc(-c2ccc(Br)cc2)o1)c1ccc(CN2C(=O)CNC2=O)cc1. The fourth-order valence-electron chi connectivity index (χ4n) is 2.78. The summed E-state index contributed by atoms with van der Waals surface area (Å²) in [5.74, 6) is -0.333. The molecule has 0 unspecified atom stereocenters. The predicted molar refractivity (Wildman–Crippen MR) is 107 cm³/mol. The van der Waals surface area contributed by atoms with Crippen LogP contribution in [0.2, 0.25) is 0 Å². The minimum atomic E-state index is -0.556. The molecule has 0 aliphatic carbocycles. The first kappa shape index (κ1) is 19.8. The first-order chi connectivity index (χ1) is 14.5. The Morgan fingerprint density at radius 2 is 1.83 bits per heavy atom. The highest BCUT2D eigenvalue weighted by Gasteiger charge is 2.28. The third-order valence-corrected chi connectivity index (χ3v) is 4.88. The summed E-state index contributed by atoms with van der Waals surface area (Å²) >= 11 is 3.36. The second-order valence-electron chi connectivity index (χ2n) is 6.42. The summed E-state index contributed by atoms with van der Waals surface area (Å²) in [4.78, 5) is 36.6. The number of hydrogen-bond acceptors (Lipinski definition) is 7. The van der Waals surface area contributed by atoms with Gasteiger partial charge in [0, 0.05) is 10.0 Å². The van der Waals surface area contributed by atoms with E-state index in [0.29, 0.717) is 17.0 Å². The van der Waals surface area contributed by atoms with Crippen molar-refractivity contribution in [3.63, 3.8) is 0 Å². The number of halogens is 1. The normalized spacial score (nSPS) is 13.4. The fourth-order valence-corrected chi connectivity index (χ4v) is 3.04. The minimum Gasteiger partial charge on any atom is -0.452 e. The molecule has 4 rings (SSSR count). The predicted octanol–water partition coefficient (Wildman–Crippen LogP) is 2.91. The number of esters is 1.